The predicted octanol–water partition coefficient (Wildman–Crippen LogP) is 5.72. The van der Waals surface area contributed by atoms with Crippen LogP contribution in [0.3, 0.4) is 0 Å². The Kier molecular flexibility index (Phi) is 6.75. The van der Waals surface area contributed by atoms with Crippen LogP contribution in [0.1, 0.15) is 12.5 Å². The van der Waals surface area contributed by atoms with Gasteiger partial charge in [-0.2, -0.15) is 4.39 Å². The number of hydrogen-bond donors (Lipinski definition) is 1. The van der Waals surface area contributed by atoms with Crippen LogP contribution in [0, 0.1) is 11.6 Å². The Morgan fingerprint density at radius 2 is 1.57 bits per heavy atom. The Hall–Kier alpha value is -3.74. The number of carbonyl (C=O) groups is 1. The molecule has 3 rings (SSSR count). The molecule has 1 N–H and O–H groups in total. The van der Waals surface area contributed by atoms with Crippen LogP contribution in [0.2, 0.25) is 0 Å². The first-order chi connectivity index (χ1) is 14.4. The summed E-state index contributed by atoms with van der Waals surface area (Å²) in [6.45, 7) is 1.52. The molecule has 0 saturated carbocycles. The second kappa shape index (κ2) is 9.65. The molecule has 0 aliphatic rings. The first-order valence-corrected chi connectivity index (χ1v) is 9.03. The van der Waals surface area contributed by atoms with Crippen molar-refractivity contribution in [3.8, 4) is 11.5 Å². The molecule has 0 aliphatic heterocycles. The Morgan fingerprint density at radius 1 is 0.933 bits per heavy atom. The minimum atomic E-state index is -0.897. The molecule has 30 heavy (non-hydrogen) atoms. The zero-order valence-corrected chi connectivity index (χ0v) is 15.9. The molecule has 1 amide bonds. The molecule has 3 aromatic carbocycles. The van der Waals surface area contributed by atoms with Crippen LogP contribution in [0.15, 0.2) is 78.8 Å². The predicted molar refractivity (Wildman–Crippen MR) is 108 cm³/mol. The van der Waals surface area contributed by atoms with Gasteiger partial charge in [0.1, 0.15) is 23.1 Å². The molecule has 0 saturated heterocycles. The minimum Gasteiger partial charge on any atom is -0.481 e. The number of carbonyl (C=O) groups excluding carboxylic acids is 1. The van der Waals surface area contributed by atoms with Crippen LogP contribution in [0.25, 0.3) is 6.08 Å². The second-order valence-corrected chi connectivity index (χ2v) is 6.30. The third-order valence-electron chi connectivity index (χ3n) is 4.00. The van der Waals surface area contributed by atoms with Crippen molar-refractivity contribution < 1.29 is 27.4 Å². The van der Waals surface area contributed by atoms with Crippen molar-refractivity contribution in [3.63, 3.8) is 0 Å². The fourth-order valence-corrected chi connectivity index (χ4v) is 2.47. The molecule has 4 nitrogen and oxygen atoms in total. The van der Waals surface area contributed by atoms with Crippen LogP contribution in [-0.4, -0.2) is 12.0 Å². The van der Waals surface area contributed by atoms with Gasteiger partial charge < -0.3 is 14.8 Å². The van der Waals surface area contributed by atoms with Gasteiger partial charge in [-0.05, 0) is 61.0 Å². The molecule has 7 heteroatoms. The van der Waals surface area contributed by atoms with E-state index in [2.05, 4.69) is 5.32 Å². The maximum atomic E-state index is 14.0. The van der Waals surface area contributed by atoms with Gasteiger partial charge in [-0.3, -0.25) is 4.79 Å². The second-order valence-electron chi connectivity index (χ2n) is 6.30. The van der Waals surface area contributed by atoms with E-state index in [0.29, 0.717) is 11.3 Å². The fourth-order valence-electron chi connectivity index (χ4n) is 2.47. The van der Waals surface area contributed by atoms with Gasteiger partial charge in [0.05, 0.1) is 5.69 Å². The summed E-state index contributed by atoms with van der Waals surface area (Å²) in [5.41, 5.74) is 0.508. The highest BCUT2D eigenvalue weighted by Crippen LogP contribution is 2.22. The smallest absolute Gasteiger partial charge is 0.278 e. The fraction of sp³-hybridized carbons (Fsp3) is 0.0870. The number of rotatable bonds is 7. The summed E-state index contributed by atoms with van der Waals surface area (Å²) in [5, 5.41) is 2.45. The lowest BCUT2D eigenvalue weighted by Crippen LogP contribution is -2.30. The first-order valence-electron chi connectivity index (χ1n) is 9.03. The van der Waals surface area contributed by atoms with E-state index in [4.69, 9.17) is 9.47 Å². The Labute approximate surface area is 171 Å². The summed E-state index contributed by atoms with van der Waals surface area (Å²) in [6.07, 6.45) is 0.227. The van der Waals surface area contributed by atoms with Gasteiger partial charge in [-0.25, -0.2) is 8.78 Å². The third-order valence-corrected chi connectivity index (χ3v) is 4.00. The van der Waals surface area contributed by atoms with Crippen molar-refractivity contribution >= 4 is 17.7 Å². The van der Waals surface area contributed by atoms with Crippen molar-refractivity contribution in [3.05, 3.63) is 96.0 Å². The summed E-state index contributed by atoms with van der Waals surface area (Å²) in [5.74, 6) is -0.923. The highest BCUT2D eigenvalue weighted by atomic mass is 19.1. The largest absolute Gasteiger partial charge is 0.481 e. The van der Waals surface area contributed by atoms with E-state index in [0.717, 1.165) is 6.08 Å². The summed E-state index contributed by atoms with van der Waals surface area (Å²) >= 11 is 0. The minimum absolute atomic E-state index is 0.0603. The van der Waals surface area contributed by atoms with E-state index in [1.807, 2.05) is 0 Å². The highest BCUT2D eigenvalue weighted by Gasteiger charge is 2.16. The Balaban J connectivity index is 1.56. The molecule has 0 aromatic heterocycles. The number of anilines is 1. The summed E-state index contributed by atoms with van der Waals surface area (Å²) < 4.78 is 51.1. The number of benzene rings is 3. The van der Waals surface area contributed by atoms with E-state index >= 15 is 0 Å². The standard InChI is InChI=1S/C23H18F3NO3/c1-15(23(28)27-21-5-3-2-4-20(21)25)29-18-10-12-19(13-11-18)30-22(26)14-16-6-8-17(24)9-7-16/h2-15H,1H3,(H,27,28)/t15-/m1/s1. The maximum Gasteiger partial charge on any atom is 0.278 e. The zero-order chi connectivity index (χ0) is 21.5. The van der Waals surface area contributed by atoms with Gasteiger partial charge in [0.2, 0.25) is 0 Å². The molecule has 0 unspecified atom stereocenters. The molecule has 1 atom stereocenters. The van der Waals surface area contributed by atoms with E-state index in [9.17, 15) is 18.0 Å². The van der Waals surface area contributed by atoms with Crippen LogP contribution in [0.5, 0.6) is 11.5 Å². The molecule has 0 bridgehead atoms. The molecule has 0 fully saturated rings. The molecular formula is C23H18F3NO3. The maximum absolute atomic E-state index is 14.0. The summed E-state index contributed by atoms with van der Waals surface area (Å²) in [7, 11) is 0. The normalized spacial score (nSPS) is 12.2. The van der Waals surface area contributed by atoms with E-state index in [-0.39, 0.29) is 11.4 Å². The number of hydrogen-bond acceptors (Lipinski definition) is 3. The van der Waals surface area contributed by atoms with Crippen molar-refractivity contribution in [1.82, 2.24) is 0 Å². The number of halogens is 3. The number of amides is 1. The van der Waals surface area contributed by atoms with Gasteiger partial charge >= 0.3 is 0 Å². The van der Waals surface area contributed by atoms with Gasteiger partial charge in [0.25, 0.3) is 11.9 Å². The summed E-state index contributed by atoms with van der Waals surface area (Å²) in [4.78, 5) is 12.2. The van der Waals surface area contributed by atoms with E-state index < -0.39 is 29.7 Å². The quantitative estimate of drug-likeness (QED) is 0.504. The molecule has 0 spiro atoms. The topological polar surface area (TPSA) is 47.6 Å². The lowest BCUT2D eigenvalue weighted by molar-refractivity contribution is -0.122. The highest BCUT2D eigenvalue weighted by molar-refractivity contribution is 5.94. The lowest BCUT2D eigenvalue weighted by atomic mass is 10.2. The average Bonchev–Trinajstić information content (AvgIpc) is 2.73. The van der Waals surface area contributed by atoms with E-state index in [1.54, 1.807) is 6.07 Å². The zero-order valence-electron chi connectivity index (χ0n) is 15.9. The van der Waals surface area contributed by atoms with E-state index in [1.165, 1.54) is 73.7 Å². The van der Waals surface area contributed by atoms with Crippen molar-refractivity contribution in [1.29, 1.82) is 0 Å². The monoisotopic (exact) mass is 413 g/mol. The SMILES string of the molecule is C[C@@H](Oc1ccc(OC(F)=Cc2ccc(F)cc2)cc1)C(=O)Nc1ccccc1F. The van der Waals surface area contributed by atoms with Gasteiger partial charge in [0, 0.05) is 6.08 Å². The molecule has 0 heterocycles. The van der Waals surface area contributed by atoms with Crippen LogP contribution < -0.4 is 14.8 Å². The number of para-hydroxylation sites is 1. The summed E-state index contributed by atoms with van der Waals surface area (Å²) in [6, 6.07) is 16.2. The molecule has 3 aromatic rings. The number of ether oxygens (including phenoxy) is 2. The van der Waals surface area contributed by atoms with Crippen LogP contribution in [0.4, 0.5) is 18.9 Å². The molecule has 0 aliphatic carbocycles. The first kappa shape index (κ1) is 21.0. The van der Waals surface area contributed by atoms with Gasteiger partial charge in [-0.1, -0.05) is 24.3 Å². The van der Waals surface area contributed by atoms with Crippen LogP contribution in [-0.2, 0) is 4.79 Å². The average molecular weight is 413 g/mol. The van der Waals surface area contributed by atoms with Crippen LogP contribution >= 0.6 is 0 Å². The molecular weight excluding hydrogens is 395 g/mol. The van der Waals surface area contributed by atoms with Gasteiger partial charge in [-0.15, -0.1) is 0 Å². The molecule has 154 valence electrons. The van der Waals surface area contributed by atoms with Crippen molar-refractivity contribution in [2.75, 3.05) is 5.32 Å². The third kappa shape index (κ3) is 5.88. The van der Waals surface area contributed by atoms with Gasteiger partial charge in [0.15, 0.2) is 6.10 Å². The molecule has 0 radical (unpaired) electrons. The Morgan fingerprint density at radius 3 is 2.23 bits per heavy atom. The van der Waals surface area contributed by atoms with Crippen molar-refractivity contribution in [2.45, 2.75) is 13.0 Å². The number of nitrogens with one attached hydrogen (secondary N) is 1. The Bertz CT molecular complexity index is 1030. The lowest BCUT2D eigenvalue weighted by Gasteiger charge is -2.15. The van der Waals surface area contributed by atoms with Crippen molar-refractivity contribution in [2.24, 2.45) is 0 Å².